The molecule has 0 N–H and O–H groups in total. The number of aryl methyl sites for hydroxylation is 1. The van der Waals surface area contributed by atoms with E-state index >= 15 is 0 Å². The summed E-state index contributed by atoms with van der Waals surface area (Å²) in [4.78, 5) is 0. The van der Waals surface area contributed by atoms with Crippen LogP contribution in [0.5, 0.6) is 11.5 Å². The number of rotatable bonds is 9. The second-order valence-electron chi connectivity index (χ2n) is 8.43. The van der Waals surface area contributed by atoms with Gasteiger partial charge in [0.15, 0.2) is 23.2 Å². The van der Waals surface area contributed by atoms with Crippen molar-refractivity contribution in [3.8, 4) is 33.8 Å². The lowest BCUT2D eigenvalue weighted by Gasteiger charge is -2.11. The van der Waals surface area contributed by atoms with Gasteiger partial charge in [0, 0.05) is 17.2 Å². The fourth-order valence-electron chi connectivity index (χ4n) is 3.69. The maximum absolute atomic E-state index is 14.9. The molecule has 0 saturated carbocycles. The Morgan fingerprint density at radius 1 is 0.686 bits per heavy atom. The maximum Gasteiger partial charge on any atom is 0.168 e. The Morgan fingerprint density at radius 3 is 1.86 bits per heavy atom. The molecule has 0 spiro atoms. The number of unbranched alkanes of at least 4 members (excludes halogenated alkanes) is 1. The van der Waals surface area contributed by atoms with Gasteiger partial charge in [0.2, 0.25) is 0 Å². The van der Waals surface area contributed by atoms with Gasteiger partial charge in [-0.1, -0.05) is 79.6 Å². The van der Waals surface area contributed by atoms with Crippen LogP contribution in [0.2, 0.25) is 0 Å². The molecule has 0 saturated heterocycles. The zero-order chi connectivity index (χ0) is 24.8. The first-order valence-corrected chi connectivity index (χ1v) is 11.7. The fourth-order valence-corrected chi connectivity index (χ4v) is 3.69. The van der Waals surface area contributed by atoms with Crippen molar-refractivity contribution in [2.45, 2.75) is 33.3 Å². The molecule has 0 aliphatic heterocycles. The summed E-state index contributed by atoms with van der Waals surface area (Å²) in [5.74, 6) is -1.68. The lowest BCUT2D eigenvalue weighted by atomic mass is 9.98. The minimum atomic E-state index is -0.893. The van der Waals surface area contributed by atoms with E-state index in [1.807, 2.05) is 19.1 Å². The van der Waals surface area contributed by atoms with Crippen molar-refractivity contribution in [3.05, 3.63) is 107 Å². The molecular formula is C30H27F3O2. The minimum Gasteiger partial charge on any atom is -0.493 e. The monoisotopic (exact) mass is 476 g/mol. The van der Waals surface area contributed by atoms with Crippen molar-refractivity contribution >= 4 is 0 Å². The zero-order valence-corrected chi connectivity index (χ0v) is 19.8. The summed E-state index contributed by atoms with van der Waals surface area (Å²) < 4.78 is 55.2. The van der Waals surface area contributed by atoms with Crippen molar-refractivity contribution in [2.75, 3.05) is 6.61 Å². The molecule has 4 rings (SSSR count). The summed E-state index contributed by atoms with van der Waals surface area (Å²) >= 11 is 0. The molecule has 0 atom stereocenters. The predicted molar refractivity (Wildman–Crippen MR) is 133 cm³/mol. The van der Waals surface area contributed by atoms with Crippen LogP contribution in [-0.4, -0.2) is 6.61 Å². The van der Waals surface area contributed by atoms with E-state index in [0.717, 1.165) is 24.0 Å². The van der Waals surface area contributed by atoms with E-state index in [2.05, 4.69) is 6.92 Å². The molecule has 0 amide bonds. The third kappa shape index (κ3) is 5.86. The summed E-state index contributed by atoms with van der Waals surface area (Å²) in [5, 5.41) is 0. The molecule has 4 aromatic rings. The van der Waals surface area contributed by atoms with Crippen LogP contribution in [0, 0.1) is 24.4 Å². The molecule has 0 bridgehead atoms. The zero-order valence-electron chi connectivity index (χ0n) is 19.8. The number of ether oxygens (including phenoxy) is 2. The highest BCUT2D eigenvalue weighted by atomic mass is 19.2. The number of hydrogen-bond donors (Lipinski definition) is 0. The van der Waals surface area contributed by atoms with Crippen LogP contribution in [0.25, 0.3) is 22.3 Å². The molecule has 0 aliphatic rings. The molecule has 0 fully saturated rings. The predicted octanol–water partition coefficient (Wildman–Crippen LogP) is 8.50. The SMILES string of the molecule is CCCCOc1ccc(OCc2ccc(-c3ccc(-c4ccc(C)cc4)c(F)c3F)cc2)c(F)c1. The van der Waals surface area contributed by atoms with Crippen LogP contribution < -0.4 is 9.47 Å². The summed E-state index contributed by atoms with van der Waals surface area (Å²) in [6.07, 6.45) is 1.91. The third-order valence-corrected chi connectivity index (χ3v) is 5.77. The number of halogens is 3. The van der Waals surface area contributed by atoms with E-state index in [1.54, 1.807) is 60.7 Å². The minimum absolute atomic E-state index is 0.122. The van der Waals surface area contributed by atoms with E-state index in [-0.39, 0.29) is 23.5 Å². The van der Waals surface area contributed by atoms with Gasteiger partial charge in [-0.2, -0.15) is 0 Å². The van der Waals surface area contributed by atoms with E-state index in [1.165, 1.54) is 6.07 Å². The highest BCUT2D eigenvalue weighted by Crippen LogP contribution is 2.32. The van der Waals surface area contributed by atoms with E-state index in [0.29, 0.717) is 23.5 Å². The van der Waals surface area contributed by atoms with Gasteiger partial charge in [-0.3, -0.25) is 0 Å². The molecule has 0 radical (unpaired) electrons. The molecule has 2 nitrogen and oxygen atoms in total. The maximum atomic E-state index is 14.9. The lowest BCUT2D eigenvalue weighted by Crippen LogP contribution is -2.00. The molecule has 0 aromatic heterocycles. The van der Waals surface area contributed by atoms with Crippen molar-refractivity contribution < 1.29 is 22.6 Å². The molecule has 4 aromatic carbocycles. The molecule has 0 aliphatic carbocycles. The van der Waals surface area contributed by atoms with Crippen molar-refractivity contribution in [2.24, 2.45) is 0 Å². The molecule has 0 heterocycles. The Balaban J connectivity index is 1.44. The van der Waals surface area contributed by atoms with Gasteiger partial charge in [-0.25, -0.2) is 13.2 Å². The molecule has 0 unspecified atom stereocenters. The average molecular weight is 477 g/mol. The summed E-state index contributed by atoms with van der Waals surface area (Å²) in [6, 6.07) is 21.9. The summed E-state index contributed by atoms with van der Waals surface area (Å²) in [6.45, 7) is 4.68. The molecular weight excluding hydrogens is 449 g/mol. The van der Waals surface area contributed by atoms with E-state index < -0.39 is 17.5 Å². The molecule has 35 heavy (non-hydrogen) atoms. The largest absolute Gasteiger partial charge is 0.493 e. The summed E-state index contributed by atoms with van der Waals surface area (Å²) in [7, 11) is 0. The van der Waals surface area contributed by atoms with Crippen LogP contribution in [0.4, 0.5) is 13.2 Å². The molecule has 180 valence electrons. The van der Waals surface area contributed by atoms with Crippen LogP contribution >= 0.6 is 0 Å². The average Bonchev–Trinajstić information content (AvgIpc) is 2.86. The lowest BCUT2D eigenvalue weighted by molar-refractivity contribution is 0.284. The van der Waals surface area contributed by atoms with Gasteiger partial charge in [0.1, 0.15) is 12.4 Å². The van der Waals surface area contributed by atoms with Crippen molar-refractivity contribution in [3.63, 3.8) is 0 Å². The van der Waals surface area contributed by atoms with Gasteiger partial charge < -0.3 is 9.47 Å². The standard InChI is InChI=1S/C30H27F3O2/c1-3-4-17-34-24-13-16-28(27(31)18-24)35-19-21-7-11-23(12-8-21)26-15-14-25(29(32)30(26)33)22-9-5-20(2)6-10-22/h5-16,18H,3-4,17,19H2,1-2H3. The van der Waals surface area contributed by atoms with Crippen molar-refractivity contribution in [1.82, 2.24) is 0 Å². The van der Waals surface area contributed by atoms with Crippen LogP contribution in [0.1, 0.15) is 30.9 Å². The van der Waals surface area contributed by atoms with Crippen LogP contribution in [-0.2, 0) is 6.61 Å². The van der Waals surface area contributed by atoms with Crippen molar-refractivity contribution in [1.29, 1.82) is 0 Å². The third-order valence-electron chi connectivity index (χ3n) is 5.77. The smallest absolute Gasteiger partial charge is 0.168 e. The second-order valence-corrected chi connectivity index (χ2v) is 8.43. The Morgan fingerprint density at radius 2 is 1.29 bits per heavy atom. The van der Waals surface area contributed by atoms with Gasteiger partial charge in [0.05, 0.1) is 6.61 Å². The Kier molecular flexibility index (Phi) is 7.76. The van der Waals surface area contributed by atoms with E-state index in [9.17, 15) is 13.2 Å². The highest BCUT2D eigenvalue weighted by Gasteiger charge is 2.16. The van der Waals surface area contributed by atoms with E-state index in [4.69, 9.17) is 9.47 Å². The van der Waals surface area contributed by atoms with Gasteiger partial charge in [-0.05, 0) is 42.2 Å². The van der Waals surface area contributed by atoms with Crippen LogP contribution in [0.15, 0.2) is 78.9 Å². The highest BCUT2D eigenvalue weighted by molar-refractivity contribution is 5.72. The Bertz CT molecular complexity index is 1280. The first-order chi connectivity index (χ1) is 17.0. The van der Waals surface area contributed by atoms with Gasteiger partial charge >= 0.3 is 0 Å². The summed E-state index contributed by atoms with van der Waals surface area (Å²) in [5.41, 5.74) is 3.38. The quantitative estimate of drug-likeness (QED) is 0.226. The number of benzene rings is 4. The second kappa shape index (κ2) is 11.1. The van der Waals surface area contributed by atoms with Gasteiger partial charge in [-0.15, -0.1) is 0 Å². The number of hydrogen-bond acceptors (Lipinski definition) is 2. The topological polar surface area (TPSA) is 18.5 Å². The Hall–Kier alpha value is -3.73. The fraction of sp³-hybridized carbons (Fsp3) is 0.200. The first kappa shape index (κ1) is 24.4. The van der Waals surface area contributed by atoms with Gasteiger partial charge in [0.25, 0.3) is 0 Å². The first-order valence-electron chi connectivity index (χ1n) is 11.7. The normalized spacial score (nSPS) is 10.9. The Labute approximate surface area is 204 Å². The molecule has 5 heteroatoms. The van der Waals surface area contributed by atoms with Crippen LogP contribution in [0.3, 0.4) is 0 Å².